The van der Waals surface area contributed by atoms with Crippen LogP contribution in [0.2, 0.25) is 0 Å². The van der Waals surface area contributed by atoms with Gasteiger partial charge in [0, 0.05) is 11.6 Å². The molecule has 23 heavy (non-hydrogen) atoms. The number of nitrogens with zero attached hydrogens (tertiary/aromatic N) is 1. The van der Waals surface area contributed by atoms with Gasteiger partial charge >= 0.3 is 0 Å². The molecule has 3 heterocycles. The number of hydrogen-bond donors (Lipinski definition) is 1. The predicted octanol–water partition coefficient (Wildman–Crippen LogP) is 2.59. The molecule has 1 aromatic carbocycles. The highest BCUT2D eigenvalue weighted by Gasteiger charge is 2.16. The molecule has 0 bridgehead atoms. The first-order valence-corrected chi connectivity index (χ1v) is 6.97. The second kappa shape index (κ2) is 5.53. The fraction of sp³-hybridized carbons (Fsp3) is 0.125. The number of nitrogens with one attached hydrogen (secondary N) is 1. The summed E-state index contributed by atoms with van der Waals surface area (Å²) in [6, 6.07) is 10.5. The summed E-state index contributed by atoms with van der Waals surface area (Å²) < 4.78 is 20.9. The summed E-state index contributed by atoms with van der Waals surface area (Å²) in [5.74, 6) is 1.92. The van der Waals surface area contributed by atoms with Crippen LogP contribution in [0.15, 0.2) is 51.6 Å². The molecule has 4 rings (SSSR count). The number of carbonyl (C=O) groups excluding carboxylic acids is 1. The van der Waals surface area contributed by atoms with Gasteiger partial charge in [-0.15, -0.1) is 0 Å². The molecular weight excluding hydrogens is 300 g/mol. The van der Waals surface area contributed by atoms with Gasteiger partial charge in [-0.2, -0.15) is 0 Å². The van der Waals surface area contributed by atoms with Crippen molar-refractivity contribution in [2.24, 2.45) is 0 Å². The lowest BCUT2D eigenvalue weighted by molar-refractivity contribution is 0.0922. The molecule has 1 aliphatic heterocycles. The number of rotatable bonds is 4. The minimum atomic E-state index is -0.303. The van der Waals surface area contributed by atoms with Crippen molar-refractivity contribution >= 4 is 5.91 Å². The van der Waals surface area contributed by atoms with Crippen LogP contribution in [-0.2, 0) is 6.54 Å². The van der Waals surface area contributed by atoms with E-state index in [1.807, 2.05) is 18.2 Å². The van der Waals surface area contributed by atoms with E-state index >= 15 is 0 Å². The van der Waals surface area contributed by atoms with Crippen molar-refractivity contribution in [1.29, 1.82) is 0 Å². The van der Waals surface area contributed by atoms with Crippen LogP contribution in [0.3, 0.4) is 0 Å². The quantitative estimate of drug-likeness (QED) is 0.797. The fourth-order valence-corrected chi connectivity index (χ4v) is 2.25. The predicted molar refractivity (Wildman–Crippen MR) is 77.9 cm³/mol. The van der Waals surface area contributed by atoms with Crippen molar-refractivity contribution in [3.05, 3.63) is 54.1 Å². The number of hydrogen-bond acceptors (Lipinski definition) is 6. The first-order valence-electron chi connectivity index (χ1n) is 6.97. The molecule has 0 aliphatic carbocycles. The second-order valence-electron chi connectivity index (χ2n) is 4.91. The standard InChI is InChI=1S/C16H12N2O5/c19-16(13-2-1-5-20-13)17-8-11-7-14(23-18-11)10-3-4-12-15(6-10)22-9-21-12/h1-7H,8-9H2,(H,17,19). The van der Waals surface area contributed by atoms with Crippen molar-refractivity contribution in [3.8, 4) is 22.8 Å². The van der Waals surface area contributed by atoms with Crippen LogP contribution in [-0.4, -0.2) is 17.9 Å². The summed E-state index contributed by atoms with van der Waals surface area (Å²) in [6.45, 7) is 0.465. The molecule has 0 atom stereocenters. The fourth-order valence-electron chi connectivity index (χ4n) is 2.25. The van der Waals surface area contributed by atoms with Crippen LogP contribution >= 0.6 is 0 Å². The third-order valence-electron chi connectivity index (χ3n) is 3.39. The molecule has 1 aliphatic rings. The molecule has 7 heteroatoms. The first kappa shape index (κ1) is 13.4. The summed E-state index contributed by atoms with van der Waals surface area (Å²) in [6.07, 6.45) is 1.45. The second-order valence-corrected chi connectivity index (χ2v) is 4.91. The Morgan fingerprint density at radius 1 is 1.17 bits per heavy atom. The molecule has 116 valence electrons. The Bertz CT molecular complexity index is 838. The molecule has 0 spiro atoms. The molecule has 0 fully saturated rings. The van der Waals surface area contributed by atoms with Gasteiger partial charge in [0.05, 0.1) is 12.8 Å². The smallest absolute Gasteiger partial charge is 0.287 e. The van der Waals surface area contributed by atoms with E-state index < -0.39 is 0 Å². The van der Waals surface area contributed by atoms with E-state index in [9.17, 15) is 4.79 Å². The van der Waals surface area contributed by atoms with E-state index in [4.69, 9.17) is 18.4 Å². The van der Waals surface area contributed by atoms with Crippen LogP contribution < -0.4 is 14.8 Å². The van der Waals surface area contributed by atoms with Gasteiger partial charge in [-0.05, 0) is 30.3 Å². The lowest BCUT2D eigenvalue weighted by Crippen LogP contribution is -2.22. The summed E-state index contributed by atoms with van der Waals surface area (Å²) >= 11 is 0. The lowest BCUT2D eigenvalue weighted by Gasteiger charge is -1.99. The minimum Gasteiger partial charge on any atom is -0.459 e. The number of carbonyl (C=O) groups is 1. The molecule has 1 amide bonds. The van der Waals surface area contributed by atoms with E-state index in [-0.39, 0.29) is 25.0 Å². The summed E-state index contributed by atoms with van der Waals surface area (Å²) in [7, 11) is 0. The van der Waals surface area contributed by atoms with Gasteiger partial charge in [0.15, 0.2) is 23.0 Å². The molecule has 0 radical (unpaired) electrons. The van der Waals surface area contributed by atoms with Crippen LogP contribution in [0, 0.1) is 0 Å². The minimum absolute atomic E-state index is 0.221. The van der Waals surface area contributed by atoms with Gasteiger partial charge in [0.25, 0.3) is 5.91 Å². The number of ether oxygens (including phenoxy) is 2. The molecule has 0 unspecified atom stereocenters. The Morgan fingerprint density at radius 3 is 2.96 bits per heavy atom. The Balaban J connectivity index is 1.45. The Kier molecular flexibility index (Phi) is 3.23. The Morgan fingerprint density at radius 2 is 2.09 bits per heavy atom. The highest BCUT2D eigenvalue weighted by Crippen LogP contribution is 2.35. The van der Waals surface area contributed by atoms with E-state index in [0.29, 0.717) is 23.0 Å². The molecule has 2 aromatic heterocycles. The Labute approximate surface area is 130 Å². The maximum atomic E-state index is 11.8. The molecule has 3 aromatic rings. The maximum absolute atomic E-state index is 11.8. The van der Waals surface area contributed by atoms with Crippen LogP contribution in [0.4, 0.5) is 0 Å². The van der Waals surface area contributed by atoms with Gasteiger partial charge < -0.3 is 23.7 Å². The van der Waals surface area contributed by atoms with E-state index in [2.05, 4.69) is 10.5 Å². The van der Waals surface area contributed by atoms with Crippen molar-refractivity contribution < 1.29 is 23.2 Å². The molecule has 1 N–H and O–H groups in total. The van der Waals surface area contributed by atoms with Gasteiger partial charge in [0.2, 0.25) is 6.79 Å². The van der Waals surface area contributed by atoms with Crippen LogP contribution in [0.1, 0.15) is 16.2 Å². The molecular formula is C16H12N2O5. The van der Waals surface area contributed by atoms with Crippen LogP contribution in [0.5, 0.6) is 11.5 Å². The zero-order valence-electron chi connectivity index (χ0n) is 11.9. The highest BCUT2D eigenvalue weighted by molar-refractivity contribution is 5.91. The van der Waals surface area contributed by atoms with E-state index in [0.717, 1.165) is 5.56 Å². The van der Waals surface area contributed by atoms with Crippen molar-refractivity contribution in [2.45, 2.75) is 6.54 Å². The lowest BCUT2D eigenvalue weighted by atomic mass is 10.1. The van der Waals surface area contributed by atoms with Gasteiger partial charge in [-0.3, -0.25) is 4.79 Å². The van der Waals surface area contributed by atoms with Crippen molar-refractivity contribution in [3.63, 3.8) is 0 Å². The molecule has 0 saturated heterocycles. The maximum Gasteiger partial charge on any atom is 0.287 e. The van der Waals surface area contributed by atoms with Gasteiger partial charge in [-0.25, -0.2) is 0 Å². The van der Waals surface area contributed by atoms with Gasteiger partial charge in [0.1, 0.15) is 5.69 Å². The first-order chi connectivity index (χ1) is 11.3. The number of fused-ring (bicyclic) bond motifs is 1. The Hall–Kier alpha value is -3.22. The number of benzene rings is 1. The summed E-state index contributed by atoms with van der Waals surface area (Å²) in [4.78, 5) is 11.8. The third kappa shape index (κ3) is 2.64. The average molecular weight is 312 g/mol. The average Bonchev–Trinajstić information content (AvgIpc) is 3.32. The van der Waals surface area contributed by atoms with Crippen molar-refractivity contribution in [2.75, 3.05) is 6.79 Å². The van der Waals surface area contributed by atoms with Crippen LogP contribution in [0.25, 0.3) is 11.3 Å². The number of amides is 1. The normalized spacial score (nSPS) is 12.3. The molecule has 0 saturated carbocycles. The molecule has 7 nitrogen and oxygen atoms in total. The van der Waals surface area contributed by atoms with Crippen molar-refractivity contribution in [1.82, 2.24) is 10.5 Å². The topological polar surface area (TPSA) is 86.7 Å². The monoisotopic (exact) mass is 312 g/mol. The SMILES string of the molecule is O=C(NCc1cc(-c2ccc3c(c2)OCO3)on1)c1ccco1. The zero-order chi connectivity index (χ0) is 15.6. The highest BCUT2D eigenvalue weighted by atomic mass is 16.7. The summed E-state index contributed by atoms with van der Waals surface area (Å²) in [5, 5.41) is 6.65. The van der Waals surface area contributed by atoms with E-state index in [1.165, 1.54) is 6.26 Å². The third-order valence-corrected chi connectivity index (χ3v) is 3.39. The number of furan rings is 1. The van der Waals surface area contributed by atoms with Gasteiger partial charge in [-0.1, -0.05) is 5.16 Å². The summed E-state index contributed by atoms with van der Waals surface area (Å²) in [5.41, 5.74) is 1.43. The number of aromatic nitrogens is 1. The van der Waals surface area contributed by atoms with E-state index in [1.54, 1.807) is 18.2 Å². The zero-order valence-corrected chi connectivity index (χ0v) is 11.9. The largest absolute Gasteiger partial charge is 0.459 e.